The van der Waals surface area contributed by atoms with Crippen LogP contribution < -0.4 is 15.5 Å². The van der Waals surface area contributed by atoms with Crippen LogP contribution in [0.25, 0.3) is 0 Å². The summed E-state index contributed by atoms with van der Waals surface area (Å²) >= 11 is 6.45. The molecule has 9 nitrogen and oxygen atoms in total. The van der Waals surface area contributed by atoms with Crippen molar-refractivity contribution >= 4 is 45.4 Å². The minimum Gasteiger partial charge on any atom is -0.442 e. The summed E-state index contributed by atoms with van der Waals surface area (Å²) in [6.07, 6.45) is 2.99. The molecule has 1 aliphatic carbocycles. The Bertz CT molecular complexity index is 1150. The van der Waals surface area contributed by atoms with Gasteiger partial charge in [0.15, 0.2) is 5.11 Å². The number of carbonyl (C=O) groups excluding carboxylic acids is 1. The number of thiophene rings is 1. The molecule has 192 valence electrons. The summed E-state index contributed by atoms with van der Waals surface area (Å²) in [5.74, 6) is -0.223. The highest BCUT2D eigenvalue weighted by Crippen LogP contribution is 2.34. The lowest BCUT2D eigenvalue weighted by Gasteiger charge is -2.32. The van der Waals surface area contributed by atoms with E-state index in [9.17, 15) is 14.9 Å². The monoisotopic (exact) mass is 533 g/mol. The highest BCUT2D eigenvalue weighted by Gasteiger charge is 2.33. The molecule has 2 aliphatic heterocycles. The Morgan fingerprint density at radius 1 is 1.22 bits per heavy atom. The second-order valence-corrected chi connectivity index (χ2v) is 11.1. The van der Waals surface area contributed by atoms with Crippen LogP contribution in [0.15, 0.2) is 30.3 Å². The average Bonchev–Trinajstić information content (AvgIpc) is 3.39. The normalized spacial score (nSPS) is 20.9. The Balaban J connectivity index is 1.13. The van der Waals surface area contributed by atoms with Gasteiger partial charge in [-0.05, 0) is 80.7 Å². The molecule has 0 radical (unpaired) electrons. The third kappa shape index (κ3) is 5.93. The van der Waals surface area contributed by atoms with E-state index in [1.807, 2.05) is 0 Å². The Morgan fingerprint density at radius 2 is 2.00 bits per heavy atom. The molecular weight excluding hydrogens is 505 g/mol. The summed E-state index contributed by atoms with van der Waals surface area (Å²) < 4.78 is 20.6. The third-order valence-electron chi connectivity index (χ3n) is 6.81. The van der Waals surface area contributed by atoms with Gasteiger partial charge in [-0.25, -0.2) is 9.18 Å². The molecule has 2 N–H and O–H groups in total. The van der Waals surface area contributed by atoms with E-state index in [0.29, 0.717) is 42.0 Å². The number of nitrogens with one attached hydrogen (secondary N) is 2. The van der Waals surface area contributed by atoms with Gasteiger partial charge in [0.05, 0.1) is 23.7 Å². The number of likely N-dealkylation sites (tertiary alicyclic amines) is 1. The molecule has 0 bridgehead atoms. The van der Waals surface area contributed by atoms with Crippen LogP contribution in [0.4, 0.5) is 19.9 Å². The molecule has 1 aromatic carbocycles. The molecule has 1 atom stereocenters. The summed E-state index contributed by atoms with van der Waals surface area (Å²) in [6.45, 7) is 2.99. The smallest absolute Gasteiger partial charge is 0.414 e. The van der Waals surface area contributed by atoms with Crippen LogP contribution in [0.5, 0.6) is 0 Å². The van der Waals surface area contributed by atoms with Crippen molar-refractivity contribution in [2.24, 2.45) is 0 Å². The molecule has 2 saturated heterocycles. The van der Waals surface area contributed by atoms with Gasteiger partial charge in [-0.1, -0.05) is 17.4 Å². The molecular formula is C24H28FN5O4S2. The number of carbonyl (C=O) groups is 1. The maximum absolute atomic E-state index is 15.1. The molecule has 3 aliphatic rings. The van der Waals surface area contributed by atoms with Crippen LogP contribution in [-0.2, 0) is 11.3 Å². The molecule has 3 heterocycles. The van der Waals surface area contributed by atoms with E-state index in [0.717, 1.165) is 43.6 Å². The highest BCUT2D eigenvalue weighted by atomic mass is 32.1. The van der Waals surface area contributed by atoms with Crippen molar-refractivity contribution in [3.63, 3.8) is 0 Å². The first kappa shape index (κ1) is 24.8. The lowest BCUT2D eigenvalue weighted by molar-refractivity contribution is -0.380. The quantitative estimate of drug-likeness (QED) is 0.297. The van der Waals surface area contributed by atoms with Gasteiger partial charge in [0.2, 0.25) is 0 Å². The Kier molecular flexibility index (Phi) is 7.35. The zero-order valence-electron chi connectivity index (χ0n) is 19.7. The second-order valence-electron chi connectivity index (χ2n) is 9.50. The SMILES string of the molecule is O=C1O[C@@H](CNC(=S)NC2CC2)CN1c1ccc(C2CCN(Cc3ccc([N+](=O)[O-])s3)CC2)c(F)c1. The van der Waals surface area contributed by atoms with Gasteiger partial charge in [0, 0.05) is 23.5 Å². The van der Waals surface area contributed by atoms with Crippen molar-refractivity contribution in [1.29, 1.82) is 0 Å². The first-order valence-electron chi connectivity index (χ1n) is 12.1. The lowest BCUT2D eigenvalue weighted by Crippen LogP contribution is -2.41. The molecule has 36 heavy (non-hydrogen) atoms. The van der Waals surface area contributed by atoms with Gasteiger partial charge in [-0.15, -0.1) is 0 Å². The Labute approximate surface area is 217 Å². The fourth-order valence-electron chi connectivity index (χ4n) is 4.70. The van der Waals surface area contributed by atoms with Gasteiger partial charge in [-0.3, -0.25) is 19.9 Å². The number of halogens is 1. The van der Waals surface area contributed by atoms with Crippen molar-refractivity contribution in [2.75, 3.05) is 31.1 Å². The Hall–Kier alpha value is -2.83. The molecule has 1 amide bonds. The molecule has 0 spiro atoms. The van der Waals surface area contributed by atoms with Gasteiger partial charge in [0.25, 0.3) is 0 Å². The standard InChI is InChI=1S/C24H28FN5O4S2/c25-21-11-17(29-13-18(34-24(29)31)12-26-23(35)27-16-1-2-16)3-5-20(21)15-7-9-28(10-8-15)14-19-4-6-22(36-19)30(32)33/h3-6,11,15-16,18H,1-2,7-10,12-14H2,(H2,26,27,35)/t18-/m0/s1. The number of benzene rings is 1. The van der Waals surface area contributed by atoms with Crippen molar-refractivity contribution in [3.05, 3.63) is 56.7 Å². The molecule has 12 heteroatoms. The number of ether oxygens (including phenoxy) is 1. The van der Waals surface area contributed by atoms with Crippen molar-refractivity contribution in [1.82, 2.24) is 15.5 Å². The van der Waals surface area contributed by atoms with Crippen LogP contribution in [0.2, 0.25) is 0 Å². The molecule has 1 aromatic heterocycles. The predicted octanol–water partition coefficient (Wildman–Crippen LogP) is 4.13. The summed E-state index contributed by atoms with van der Waals surface area (Å²) in [7, 11) is 0. The molecule has 3 fully saturated rings. The number of hydrogen-bond donors (Lipinski definition) is 2. The number of amides is 1. The maximum Gasteiger partial charge on any atom is 0.414 e. The maximum atomic E-state index is 15.1. The lowest BCUT2D eigenvalue weighted by atomic mass is 9.89. The van der Waals surface area contributed by atoms with Crippen LogP contribution in [0.1, 0.15) is 42.0 Å². The largest absolute Gasteiger partial charge is 0.442 e. The summed E-state index contributed by atoms with van der Waals surface area (Å²) in [5, 5.41) is 17.9. The first-order chi connectivity index (χ1) is 17.4. The number of hydrogen-bond acceptors (Lipinski definition) is 7. The molecule has 0 unspecified atom stereocenters. The fourth-order valence-corrected chi connectivity index (χ4v) is 5.81. The van der Waals surface area contributed by atoms with E-state index in [1.54, 1.807) is 24.3 Å². The molecule has 1 saturated carbocycles. The highest BCUT2D eigenvalue weighted by molar-refractivity contribution is 7.80. The predicted molar refractivity (Wildman–Crippen MR) is 139 cm³/mol. The number of cyclic esters (lactones) is 1. The average molecular weight is 534 g/mol. The fraction of sp³-hybridized carbons (Fsp3) is 0.500. The number of rotatable bonds is 8. The van der Waals surface area contributed by atoms with Gasteiger partial charge in [-0.2, -0.15) is 0 Å². The van der Waals surface area contributed by atoms with Gasteiger partial charge >= 0.3 is 11.1 Å². The molecule has 2 aromatic rings. The number of piperidine rings is 1. The number of anilines is 1. The second kappa shape index (κ2) is 10.7. The van der Waals surface area contributed by atoms with E-state index in [2.05, 4.69) is 15.5 Å². The minimum atomic E-state index is -0.489. The summed E-state index contributed by atoms with van der Waals surface area (Å²) in [4.78, 5) is 27.6. The van der Waals surface area contributed by atoms with Crippen molar-refractivity contribution in [3.8, 4) is 0 Å². The summed E-state index contributed by atoms with van der Waals surface area (Å²) in [6, 6.07) is 8.78. The van der Waals surface area contributed by atoms with Crippen LogP contribution >= 0.6 is 23.6 Å². The van der Waals surface area contributed by atoms with Crippen molar-refractivity contribution in [2.45, 2.75) is 50.3 Å². The topological polar surface area (TPSA) is 100.0 Å². The van der Waals surface area contributed by atoms with E-state index in [4.69, 9.17) is 17.0 Å². The van der Waals surface area contributed by atoms with Crippen molar-refractivity contribution < 1.29 is 18.8 Å². The van der Waals surface area contributed by atoms with E-state index >= 15 is 4.39 Å². The van der Waals surface area contributed by atoms with Crippen LogP contribution in [0, 0.1) is 15.9 Å². The third-order valence-corrected chi connectivity index (χ3v) is 8.09. The van der Waals surface area contributed by atoms with Gasteiger partial charge in [0.1, 0.15) is 11.9 Å². The number of nitro groups is 1. The number of thiocarbonyl (C=S) groups is 1. The van der Waals surface area contributed by atoms with E-state index < -0.39 is 6.09 Å². The minimum absolute atomic E-state index is 0.0930. The number of nitrogens with zero attached hydrogens (tertiary/aromatic N) is 3. The van der Waals surface area contributed by atoms with E-state index in [-0.39, 0.29) is 27.8 Å². The van der Waals surface area contributed by atoms with Gasteiger partial charge < -0.3 is 15.4 Å². The first-order valence-corrected chi connectivity index (χ1v) is 13.4. The van der Waals surface area contributed by atoms with Crippen LogP contribution in [0.3, 0.4) is 0 Å². The van der Waals surface area contributed by atoms with Crippen LogP contribution in [-0.4, -0.2) is 59.4 Å². The zero-order valence-corrected chi connectivity index (χ0v) is 21.3. The summed E-state index contributed by atoms with van der Waals surface area (Å²) in [5.41, 5.74) is 1.14. The molecule has 5 rings (SSSR count). The Morgan fingerprint density at radius 3 is 2.67 bits per heavy atom. The zero-order chi connectivity index (χ0) is 25.2. The van der Waals surface area contributed by atoms with E-state index in [1.165, 1.54) is 22.3 Å².